The smallest absolute Gasteiger partial charge is 0.462 e. The molecule has 0 saturated carbocycles. The summed E-state index contributed by atoms with van der Waals surface area (Å²) in [5.41, 5.74) is 0. The maximum absolute atomic E-state index is 12.9. The fourth-order valence-electron chi connectivity index (χ4n) is 8.23. The van der Waals surface area contributed by atoms with Gasteiger partial charge in [0, 0.05) is 19.3 Å². The van der Waals surface area contributed by atoms with Gasteiger partial charge in [0.25, 0.3) is 0 Å². The molecule has 0 aromatic heterocycles. The minimum atomic E-state index is -4.75. The van der Waals surface area contributed by atoms with Gasteiger partial charge in [-0.05, 0) is 109 Å². The Hall–Kier alpha value is -2.82. The summed E-state index contributed by atoms with van der Waals surface area (Å²) < 4.78 is 39.6. The predicted molar refractivity (Wildman–Crippen MR) is 307 cm³/mol. The van der Waals surface area contributed by atoms with Gasteiger partial charge in [-0.15, -0.1) is 0 Å². The van der Waals surface area contributed by atoms with Gasteiger partial charge in [-0.1, -0.05) is 210 Å². The molecule has 0 radical (unpaired) electrons. The van der Waals surface area contributed by atoms with Gasteiger partial charge in [0.15, 0.2) is 6.10 Å². The normalized spacial score (nSPS) is 13.7. The van der Waals surface area contributed by atoms with Crippen LogP contribution in [0.1, 0.15) is 278 Å². The number of ether oxygens (including phenoxy) is 3. The molecule has 0 bridgehead atoms. The van der Waals surface area contributed by atoms with Crippen LogP contribution >= 0.6 is 7.82 Å². The van der Waals surface area contributed by atoms with Crippen molar-refractivity contribution in [3.63, 3.8) is 0 Å². The summed E-state index contributed by atoms with van der Waals surface area (Å²) in [6.07, 6.45) is 61.7. The molecular formula is C62H111O11P. The number of phosphoric acid groups is 1. The number of aliphatic hydroxyl groups excluding tert-OH is 1. The zero-order valence-corrected chi connectivity index (χ0v) is 48.5. The minimum Gasteiger partial charge on any atom is -0.462 e. The number of aliphatic hydroxyl groups is 1. The molecule has 12 heteroatoms. The van der Waals surface area contributed by atoms with Crippen molar-refractivity contribution in [1.82, 2.24) is 0 Å². The van der Waals surface area contributed by atoms with Crippen molar-refractivity contribution in [2.75, 3.05) is 26.4 Å². The lowest BCUT2D eigenvalue weighted by Gasteiger charge is -2.21. The van der Waals surface area contributed by atoms with E-state index in [2.05, 4.69) is 81.5 Å². The fraction of sp³-hybridized carbons (Fsp3) is 0.790. The van der Waals surface area contributed by atoms with E-state index in [1.165, 1.54) is 103 Å². The SMILES string of the molecule is CCCCC/C=C\C/C=C\CCCCCCCCCCCC(=O)OC(COC(=O)CCCCCCC/C=C\CCCCCC)COP(=O)(O)OCC(CO)OC(=O)CCCCCCC/C=C\C/C=C\CCCCC. The summed E-state index contributed by atoms with van der Waals surface area (Å²) in [7, 11) is -4.75. The molecular weight excluding hydrogens is 952 g/mol. The number of esters is 3. The Bertz CT molecular complexity index is 1470. The molecule has 11 nitrogen and oxygen atoms in total. The van der Waals surface area contributed by atoms with Crippen molar-refractivity contribution in [1.29, 1.82) is 0 Å². The highest BCUT2D eigenvalue weighted by molar-refractivity contribution is 7.47. The van der Waals surface area contributed by atoms with Crippen LogP contribution in [0.4, 0.5) is 0 Å². The van der Waals surface area contributed by atoms with Crippen molar-refractivity contribution in [3.8, 4) is 0 Å². The summed E-state index contributed by atoms with van der Waals surface area (Å²) in [5, 5.41) is 9.82. The van der Waals surface area contributed by atoms with E-state index in [4.69, 9.17) is 23.3 Å². The first-order valence-electron chi connectivity index (χ1n) is 30.2. The molecule has 0 saturated heterocycles. The molecule has 0 amide bonds. The van der Waals surface area contributed by atoms with Crippen LogP contribution in [0.2, 0.25) is 0 Å². The number of allylic oxidation sites excluding steroid dienone is 10. The third-order valence-electron chi connectivity index (χ3n) is 12.9. The van der Waals surface area contributed by atoms with Crippen LogP contribution in [0.25, 0.3) is 0 Å². The first kappa shape index (κ1) is 71.2. The topological polar surface area (TPSA) is 155 Å². The molecule has 74 heavy (non-hydrogen) atoms. The van der Waals surface area contributed by atoms with Crippen LogP contribution in [0, 0.1) is 0 Å². The summed E-state index contributed by atoms with van der Waals surface area (Å²) >= 11 is 0. The van der Waals surface area contributed by atoms with Crippen LogP contribution in [0.3, 0.4) is 0 Å². The van der Waals surface area contributed by atoms with Gasteiger partial charge in [0.2, 0.25) is 0 Å². The highest BCUT2D eigenvalue weighted by Gasteiger charge is 2.28. The van der Waals surface area contributed by atoms with Crippen molar-refractivity contribution < 1.29 is 52.2 Å². The molecule has 0 aliphatic rings. The van der Waals surface area contributed by atoms with Gasteiger partial charge < -0.3 is 24.2 Å². The zero-order valence-electron chi connectivity index (χ0n) is 47.6. The lowest BCUT2D eigenvalue weighted by Crippen LogP contribution is -2.30. The molecule has 0 aliphatic heterocycles. The Morgan fingerprint density at radius 2 is 0.662 bits per heavy atom. The zero-order chi connectivity index (χ0) is 54.1. The number of hydrogen-bond donors (Lipinski definition) is 2. The van der Waals surface area contributed by atoms with E-state index in [0.717, 1.165) is 116 Å². The van der Waals surface area contributed by atoms with Crippen molar-refractivity contribution in [2.24, 2.45) is 0 Å². The molecule has 3 unspecified atom stereocenters. The summed E-state index contributed by atoms with van der Waals surface area (Å²) in [6, 6.07) is 0. The highest BCUT2D eigenvalue weighted by atomic mass is 31.2. The molecule has 0 rings (SSSR count). The second-order valence-corrected chi connectivity index (χ2v) is 21.6. The third kappa shape index (κ3) is 54.0. The minimum absolute atomic E-state index is 0.160. The summed E-state index contributed by atoms with van der Waals surface area (Å²) in [5.74, 6) is -1.48. The molecule has 2 N–H and O–H groups in total. The Labute approximate surface area is 453 Å². The first-order valence-corrected chi connectivity index (χ1v) is 31.7. The quantitative estimate of drug-likeness (QED) is 0.0197. The summed E-state index contributed by atoms with van der Waals surface area (Å²) in [6.45, 7) is 4.58. The van der Waals surface area contributed by atoms with E-state index in [1.807, 2.05) is 0 Å². The van der Waals surface area contributed by atoms with Crippen LogP contribution in [0.5, 0.6) is 0 Å². The standard InChI is InChI=1S/C62H111O11P/c1-4-7-10-13-16-19-22-25-27-28-29-30-32-35-38-41-44-47-50-53-62(66)73-59(55-69-60(64)51-48-45-42-39-36-33-24-21-18-15-12-9-6-3)57-71-74(67,68)70-56-58(54-63)72-61(65)52-49-46-43-40-37-34-31-26-23-20-17-14-11-8-5-2/h16-17,19-21,24-27,31,58-59,63H,4-15,18,22-23,28-30,32-57H2,1-3H3,(H,67,68)/b19-16-,20-17-,24-21-,27-25-,31-26-. The number of phosphoric ester groups is 1. The van der Waals surface area contributed by atoms with E-state index in [9.17, 15) is 28.9 Å². The van der Waals surface area contributed by atoms with Crippen molar-refractivity contribution >= 4 is 25.7 Å². The molecule has 0 fully saturated rings. The predicted octanol–water partition coefficient (Wildman–Crippen LogP) is 17.9. The number of unbranched alkanes of at least 4 members (excludes halogenated alkanes) is 29. The van der Waals surface area contributed by atoms with Crippen molar-refractivity contribution in [2.45, 2.75) is 290 Å². The Morgan fingerprint density at radius 3 is 1.04 bits per heavy atom. The second kappa shape index (κ2) is 56.4. The van der Waals surface area contributed by atoms with Gasteiger partial charge in [0.05, 0.1) is 19.8 Å². The lowest BCUT2D eigenvalue weighted by molar-refractivity contribution is -0.161. The van der Waals surface area contributed by atoms with Crippen LogP contribution in [0.15, 0.2) is 60.8 Å². The fourth-order valence-corrected chi connectivity index (χ4v) is 9.02. The van der Waals surface area contributed by atoms with Gasteiger partial charge in [0.1, 0.15) is 12.7 Å². The number of rotatable bonds is 56. The van der Waals surface area contributed by atoms with Crippen LogP contribution in [-0.4, -0.2) is 66.5 Å². The molecule has 0 aliphatic carbocycles. The van der Waals surface area contributed by atoms with E-state index < -0.39 is 57.8 Å². The Balaban J connectivity index is 4.71. The van der Waals surface area contributed by atoms with Gasteiger partial charge in [-0.2, -0.15) is 0 Å². The van der Waals surface area contributed by atoms with Crippen LogP contribution < -0.4 is 0 Å². The number of carbonyl (C=O) groups is 3. The average molecular weight is 1060 g/mol. The van der Waals surface area contributed by atoms with E-state index in [0.29, 0.717) is 19.3 Å². The second-order valence-electron chi connectivity index (χ2n) is 20.2. The molecule has 0 aromatic carbocycles. The third-order valence-corrected chi connectivity index (χ3v) is 13.8. The molecule has 430 valence electrons. The first-order chi connectivity index (χ1) is 36.2. The number of hydrogen-bond acceptors (Lipinski definition) is 10. The molecule has 3 atom stereocenters. The molecule has 0 heterocycles. The van der Waals surface area contributed by atoms with Crippen LogP contribution in [-0.2, 0) is 42.2 Å². The monoisotopic (exact) mass is 1060 g/mol. The van der Waals surface area contributed by atoms with Gasteiger partial charge in [-0.3, -0.25) is 23.4 Å². The average Bonchev–Trinajstić information content (AvgIpc) is 3.39. The maximum atomic E-state index is 12.9. The van der Waals surface area contributed by atoms with Crippen molar-refractivity contribution in [3.05, 3.63) is 60.8 Å². The summed E-state index contributed by atoms with van der Waals surface area (Å²) in [4.78, 5) is 48.6. The Morgan fingerprint density at radius 1 is 0.378 bits per heavy atom. The van der Waals surface area contributed by atoms with E-state index >= 15 is 0 Å². The Kier molecular flexibility index (Phi) is 54.2. The van der Waals surface area contributed by atoms with Gasteiger partial charge in [-0.25, -0.2) is 4.57 Å². The van der Waals surface area contributed by atoms with E-state index in [-0.39, 0.29) is 25.9 Å². The largest absolute Gasteiger partial charge is 0.472 e. The molecule has 0 aromatic rings. The lowest BCUT2D eigenvalue weighted by atomic mass is 10.1. The highest BCUT2D eigenvalue weighted by Crippen LogP contribution is 2.43. The van der Waals surface area contributed by atoms with E-state index in [1.54, 1.807) is 0 Å². The molecule has 0 spiro atoms. The van der Waals surface area contributed by atoms with Gasteiger partial charge >= 0.3 is 25.7 Å². The maximum Gasteiger partial charge on any atom is 0.472 e. The number of carbonyl (C=O) groups excluding carboxylic acids is 3.